The molecule has 0 fully saturated rings. The Morgan fingerprint density at radius 3 is 2.50 bits per heavy atom. The van der Waals surface area contributed by atoms with Crippen LogP contribution in [0.1, 0.15) is 21.5 Å². The maximum Gasteiger partial charge on any atom is 0.335 e. The number of carboxylic acid groups (broad SMARTS) is 1. The van der Waals surface area contributed by atoms with Gasteiger partial charge in [-0.2, -0.15) is 5.26 Å². The minimum absolute atomic E-state index is 0.0935. The van der Waals surface area contributed by atoms with Gasteiger partial charge in [0, 0.05) is 11.8 Å². The van der Waals surface area contributed by atoms with E-state index in [1.54, 1.807) is 54.6 Å². The highest BCUT2D eigenvalue weighted by Crippen LogP contribution is 2.30. The molecule has 34 heavy (non-hydrogen) atoms. The molecule has 3 rings (SSSR count). The molecule has 8 nitrogen and oxygen atoms in total. The van der Waals surface area contributed by atoms with Crippen LogP contribution in [0.15, 0.2) is 72.3 Å². The molecule has 0 atom stereocenters. The summed E-state index contributed by atoms with van der Waals surface area (Å²) >= 11 is 0. The van der Waals surface area contributed by atoms with Crippen LogP contribution in [-0.4, -0.2) is 31.2 Å². The second-order valence-corrected chi connectivity index (χ2v) is 7.06. The number of rotatable bonds is 9. The van der Waals surface area contributed by atoms with Crippen LogP contribution >= 0.6 is 0 Å². The molecule has 0 saturated heterocycles. The number of nitrogens with zero attached hydrogens (tertiary/aromatic N) is 1. The summed E-state index contributed by atoms with van der Waals surface area (Å²) in [6, 6.07) is 20.1. The lowest BCUT2D eigenvalue weighted by Gasteiger charge is -2.12. The van der Waals surface area contributed by atoms with Crippen molar-refractivity contribution >= 4 is 23.6 Å². The molecule has 0 heterocycles. The van der Waals surface area contributed by atoms with Gasteiger partial charge in [-0.15, -0.1) is 0 Å². The summed E-state index contributed by atoms with van der Waals surface area (Å²) in [6.45, 7) is 0.138. The van der Waals surface area contributed by atoms with Crippen molar-refractivity contribution in [3.05, 3.63) is 89.0 Å². The average molecular weight is 458 g/mol. The number of hydrogen-bond donors (Lipinski definition) is 2. The van der Waals surface area contributed by atoms with Gasteiger partial charge in [0.2, 0.25) is 0 Å². The van der Waals surface area contributed by atoms with Crippen molar-refractivity contribution in [2.75, 3.05) is 19.5 Å². The second-order valence-electron chi connectivity index (χ2n) is 7.06. The lowest BCUT2D eigenvalue weighted by atomic mass is 10.1. The van der Waals surface area contributed by atoms with Crippen LogP contribution in [0.2, 0.25) is 0 Å². The van der Waals surface area contributed by atoms with Gasteiger partial charge in [0.25, 0.3) is 5.91 Å². The third-order valence-electron chi connectivity index (χ3n) is 4.76. The Bertz CT molecular complexity index is 1280. The van der Waals surface area contributed by atoms with Crippen molar-refractivity contribution in [3.63, 3.8) is 0 Å². The molecule has 0 aliphatic heterocycles. The molecule has 2 N–H and O–H groups in total. The van der Waals surface area contributed by atoms with Crippen LogP contribution in [0.5, 0.6) is 17.2 Å². The smallest absolute Gasteiger partial charge is 0.335 e. The van der Waals surface area contributed by atoms with Crippen molar-refractivity contribution in [2.24, 2.45) is 0 Å². The summed E-state index contributed by atoms with van der Waals surface area (Å²) in [5.74, 6) is -0.170. The average Bonchev–Trinajstić information content (AvgIpc) is 2.86. The summed E-state index contributed by atoms with van der Waals surface area (Å²) in [4.78, 5) is 23.7. The first-order valence-electron chi connectivity index (χ1n) is 10.1. The van der Waals surface area contributed by atoms with Gasteiger partial charge in [0.15, 0.2) is 11.5 Å². The minimum Gasteiger partial charge on any atom is -0.497 e. The Kier molecular flexibility index (Phi) is 7.87. The van der Waals surface area contributed by atoms with Gasteiger partial charge in [-0.3, -0.25) is 4.79 Å². The summed E-state index contributed by atoms with van der Waals surface area (Å²) in [6.07, 6.45) is 1.44. The van der Waals surface area contributed by atoms with E-state index in [9.17, 15) is 14.9 Å². The van der Waals surface area contributed by atoms with Crippen molar-refractivity contribution in [1.82, 2.24) is 0 Å². The molecule has 8 heteroatoms. The first kappa shape index (κ1) is 23.9. The van der Waals surface area contributed by atoms with Crippen molar-refractivity contribution in [3.8, 4) is 23.3 Å². The maximum atomic E-state index is 12.6. The quantitative estimate of drug-likeness (QED) is 0.357. The molecule has 0 bridgehead atoms. The SMILES string of the molecule is COc1cccc(NC(=O)/C(C#N)=C\c2ccc(OCc3cccc(C(=O)O)c3)c(OC)c2)c1. The molecule has 0 saturated carbocycles. The monoisotopic (exact) mass is 458 g/mol. The number of hydrogen-bond acceptors (Lipinski definition) is 6. The number of nitrogens with one attached hydrogen (secondary N) is 1. The van der Waals surface area contributed by atoms with Gasteiger partial charge in [-0.25, -0.2) is 4.79 Å². The minimum atomic E-state index is -1.01. The Labute approximate surface area is 196 Å². The van der Waals surface area contributed by atoms with Crippen LogP contribution in [0.25, 0.3) is 6.08 Å². The van der Waals surface area contributed by atoms with Gasteiger partial charge < -0.3 is 24.6 Å². The molecular weight excluding hydrogens is 436 g/mol. The third-order valence-corrected chi connectivity index (χ3v) is 4.76. The number of nitriles is 1. The summed E-state index contributed by atoms with van der Waals surface area (Å²) in [7, 11) is 3.00. The molecule has 0 aliphatic rings. The van der Waals surface area contributed by atoms with Crippen LogP contribution in [0.4, 0.5) is 5.69 Å². The summed E-state index contributed by atoms with van der Waals surface area (Å²) in [5.41, 5.74) is 1.83. The lowest BCUT2D eigenvalue weighted by Crippen LogP contribution is -2.13. The predicted molar refractivity (Wildman–Crippen MR) is 126 cm³/mol. The number of carboxylic acids is 1. The first-order valence-corrected chi connectivity index (χ1v) is 10.1. The topological polar surface area (TPSA) is 118 Å². The van der Waals surface area contributed by atoms with Crippen LogP contribution < -0.4 is 19.5 Å². The standard InChI is InChI=1S/C26H22N2O6/c1-32-22-8-4-7-21(14-22)28-25(29)20(15-27)11-17-9-10-23(24(13-17)33-2)34-16-18-5-3-6-19(12-18)26(30)31/h3-14H,16H2,1-2H3,(H,28,29)(H,30,31)/b20-11-. The molecular formula is C26H22N2O6. The van der Waals surface area contributed by atoms with Crippen LogP contribution in [0.3, 0.4) is 0 Å². The van der Waals surface area contributed by atoms with Crippen molar-refractivity contribution in [1.29, 1.82) is 5.26 Å². The first-order chi connectivity index (χ1) is 16.4. The van der Waals surface area contributed by atoms with Gasteiger partial charge >= 0.3 is 5.97 Å². The highest BCUT2D eigenvalue weighted by Gasteiger charge is 2.12. The molecule has 3 aromatic rings. The van der Waals surface area contributed by atoms with Gasteiger partial charge in [-0.1, -0.05) is 24.3 Å². The van der Waals surface area contributed by atoms with E-state index >= 15 is 0 Å². The zero-order chi connectivity index (χ0) is 24.5. The molecule has 1 amide bonds. The highest BCUT2D eigenvalue weighted by molar-refractivity contribution is 6.09. The fraction of sp³-hybridized carbons (Fsp3) is 0.115. The Morgan fingerprint density at radius 2 is 1.79 bits per heavy atom. The van der Waals surface area contributed by atoms with Crippen molar-refractivity contribution < 1.29 is 28.9 Å². The largest absolute Gasteiger partial charge is 0.497 e. The van der Waals surface area contributed by atoms with E-state index in [0.717, 1.165) is 0 Å². The molecule has 0 unspecified atom stereocenters. The number of carbonyl (C=O) groups is 2. The normalized spacial score (nSPS) is 10.7. The molecule has 0 aromatic heterocycles. The molecule has 0 radical (unpaired) electrons. The second kappa shape index (κ2) is 11.2. The number of carbonyl (C=O) groups excluding carboxylic acids is 1. The summed E-state index contributed by atoms with van der Waals surface area (Å²) < 4.78 is 16.3. The van der Waals surface area contributed by atoms with E-state index in [4.69, 9.17) is 19.3 Å². The Balaban J connectivity index is 1.75. The van der Waals surface area contributed by atoms with Gasteiger partial charge in [-0.05, 0) is 53.6 Å². The zero-order valence-electron chi connectivity index (χ0n) is 18.6. The third kappa shape index (κ3) is 6.14. The predicted octanol–water partition coefficient (Wildman–Crippen LogP) is 4.53. The molecule has 172 valence electrons. The Morgan fingerprint density at radius 1 is 1.00 bits per heavy atom. The molecule has 3 aromatic carbocycles. The molecule has 0 spiro atoms. The molecule has 0 aliphatic carbocycles. The van der Waals surface area contributed by atoms with E-state index in [1.165, 1.54) is 32.4 Å². The van der Waals surface area contributed by atoms with E-state index in [-0.39, 0.29) is 17.7 Å². The fourth-order valence-electron chi connectivity index (χ4n) is 3.06. The zero-order valence-corrected chi connectivity index (χ0v) is 18.6. The number of anilines is 1. The highest BCUT2D eigenvalue weighted by atomic mass is 16.5. The fourth-order valence-corrected chi connectivity index (χ4v) is 3.06. The number of amides is 1. The van der Waals surface area contributed by atoms with Gasteiger partial charge in [0.05, 0.1) is 19.8 Å². The number of methoxy groups -OCH3 is 2. The number of aromatic carboxylic acids is 1. The van der Waals surface area contributed by atoms with E-state index in [0.29, 0.717) is 34.1 Å². The maximum absolute atomic E-state index is 12.6. The number of ether oxygens (including phenoxy) is 3. The van der Waals surface area contributed by atoms with Crippen LogP contribution in [-0.2, 0) is 11.4 Å². The Hall–Kier alpha value is -4.77. The van der Waals surface area contributed by atoms with E-state index in [1.807, 2.05) is 6.07 Å². The van der Waals surface area contributed by atoms with E-state index in [2.05, 4.69) is 5.32 Å². The van der Waals surface area contributed by atoms with Crippen LogP contribution in [0, 0.1) is 11.3 Å². The van der Waals surface area contributed by atoms with Crippen molar-refractivity contribution in [2.45, 2.75) is 6.61 Å². The number of benzene rings is 3. The lowest BCUT2D eigenvalue weighted by molar-refractivity contribution is -0.112. The summed E-state index contributed by atoms with van der Waals surface area (Å²) in [5, 5.41) is 21.3. The van der Waals surface area contributed by atoms with Gasteiger partial charge in [0.1, 0.15) is 24.0 Å². The van der Waals surface area contributed by atoms with E-state index < -0.39 is 11.9 Å².